The van der Waals surface area contributed by atoms with Crippen LogP contribution in [0.1, 0.15) is 26.5 Å². The van der Waals surface area contributed by atoms with Gasteiger partial charge >= 0.3 is 0 Å². The van der Waals surface area contributed by atoms with E-state index in [0.29, 0.717) is 0 Å². The zero-order valence-electron chi connectivity index (χ0n) is 9.91. The molecule has 0 aliphatic rings. The highest BCUT2D eigenvalue weighted by Gasteiger charge is 2.16. The van der Waals surface area contributed by atoms with Crippen LogP contribution < -0.4 is 5.73 Å². The molecule has 0 saturated heterocycles. The van der Waals surface area contributed by atoms with E-state index in [4.69, 9.17) is 5.73 Å². The van der Waals surface area contributed by atoms with Crippen LogP contribution in [0.25, 0.3) is 11.3 Å². The van der Waals surface area contributed by atoms with Gasteiger partial charge in [-0.05, 0) is 18.2 Å². The molecule has 84 valence electrons. The number of nitrogens with zero attached hydrogens (tertiary/aromatic N) is 1. The summed E-state index contributed by atoms with van der Waals surface area (Å²) in [5, 5.41) is 7.39. The minimum absolute atomic E-state index is 0.0889. The third-order valence-corrected chi connectivity index (χ3v) is 2.57. The molecule has 3 N–H and O–H groups in total. The van der Waals surface area contributed by atoms with Crippen molar-refractivity contribution >= 4 is 5.69 Å². The first-order chi connectivity index (χ1) is 7.47. The number of aromatic amines is 1. The molecular formula is C13H17N3. The van der Waals surface area contributed by atoms with Gasteiger partial charge in [0.2, 0.25) is 0 Å². The molecule has 0 unspecified atom stereocenters. The fourth-order valence-corrected chi connectivity index (χ4v) is 1.55. The van der Waals surface area contributed by atoms with Crippen LogP contribution in [0.4, 0.5) is 5.69 Å². The van der Waals surface area contributed by atoms with Crippen LogP contribution >= 0.6 is 0 Å². The lowest BCUT2D eigenvalue weighted by Crippen LogP contribution is -2.11. The summed E-state index contributed by atoms with van der Waals surface area (Å²) in [6.45, 7) is 6.47. The largest absolute Gasteiger partial charge is 0.399 e. The zero-order valence-corrected chi connectivity index (χ0v) is 9.91. The van der Waals surface area contributed by atoms with Crippen molar-refractivity contribution in [1.82, 2.24) is 10.2 Å². The number of nitrogens with one attached hydrogen (secondary N) is 1. The highest BCUT2D eigenvalue weighted by molar-refractivity contribution is 5.64. The molecule has 0 saturated carbocycles. The van der Waals surface area contributed by atoms with Crippen molar-refractivity contribution in [2.45, 2.75) is 26.2 Å². The molecule has 0 fully saturated rings. The third kappa shape index (κ3) is 2.08. The maximum atomic E-state index is 5.75. The second-order valence-corrected chi connectivity index (χ2v) is 5.04. The summed E-state index contributed by atoms with van der Waals surface area (Å²) in [4.78, 5) is 0. The first-order valence-corrected chi connectivity index (χ1v) is 5.38. The summed E-state index contributed by atoms with van der Waals surface area (Å²) in [5.74, 6) is 0. The van der Waals surface area contributed by atoms with Gasteiger partial charge in [-0.25, -0.2) is 0 Å². The minimum atomic E-state index is 0.0889. The molecule has 0 aliphatic heterocycles. The number of benzene rings is 1. The molecule has 0 radical (unpaired) electrons. The van der Waals surface area contributed by atoms with Crippen LogP contribution in [0.15, 0.2) is 30.3 Å². The number of rotatable bonds is 1. The molecule has 0 bridgehead atoms. The van der Waals surface area contributed by atoms with Crippen LogP contribution in [-0.2, 0) is 5.41 Å². The minimum Gasteiger partial charge on any atom is -0.399 e. The van der Waals surface area contributed by atoms with Crippen molar-refractivity contribution in [3.05, 3.63) is 36.0 Å². The van der Waals surface area contributed by atoms with Crippen molar-refractivity contribution in [3.8, 4) is 11.3 Å². The van der Waals surface area contributed by atoms with Crippen molar-refractivity contribution in [2.75, 3.05) is 5.73 Å². The summed E-state index contributed by atoms with van der Waals surface area (Å²) >= 11 is 0. The lowest BCUT2D eigenvalue weighted by molar-refractivity contribution is 0.567. The molecule has 2 aromatic rings. The first-order valence-electron chi connectivity index (χ1n) is 5.38. The van der Waals surface area contributed by atoms with Gasteiger partial charge in [-0.3, -0.25) is 5.10 Å². The zero-order chi connectivity index (χ0) is 11.8. The Bertz CT molecular complexity index is 492. The maximum absolute atomic E-state index is 5.75. The number of nitrogen functional groups attached to an aromatic ring is 1. The van der Waals surface area contributed by atoms with Gasteiger partial charge in [0, 0.05) is 22.4 Å². The van der Waals surface area contributed by atoms with Crippen LogP contribution in [0.3, 0.4) is 0 Å². The quantitative estimate of drug-likeness (QED) is 0.718. The Morgan fingerprint density at radius 3 is 2.50 bits per heavy atom. The number of H-pyrrole nitrogens is 1. The lowest BCUT2D eigenvalue weighted by atomic mass is 9.92. The number of aromatic nitrogens is 2. The predicted octanol–water partition coefficient (Wildman–Crippen LogP) is 2.96. The maximum Gasteiger partial charge on any atom is 0.0924 e. The molecule has 0 atom stereocenters. The highest BCUT2D eigenvalue weighted by Crippen LogP contribution is 2.25. The summed E-state index contributed by atoms with van der Waals surface area (Å²) in [6.07, 6.45) is 0. The normalized spacial score (nSPS) is 11.7. The molecule has 0 amide bonds. The van der Waals surface area contributed by atoms with Gasteiger partial charge in [0.05, 0.1) is 5.69 Å². The van der Waals surface area contributed by atoms with Crippen LogP contribution in [-0.4, -0.2) is 10.2 Å². The Morgan fingerprint density at radius 1 is 1.19 bits per heavy atom. The molecule has 0 spiro atoms. The van der Waals surface area contributed by atoms with Gasteiger partial charge in [-0.2, -0.15) is 5.10 Å². The molecule has 1 heterocycles. The molecule has 3 nitrogen and oxygen atoms in total. The Morgan fingerprint density at radius 2 is 1.94 bits per heavy atom. The van der Waals surface area contributed by atoms with Crippen LogP contribution in [0.2, 0.25) is 0 Å². The van der Waals surface area contributed by atoms with E-state index < -0.39 is 0 Å². The SMILES string of the molecule is CC(C)(C)c1cc(-c2cccc(N)c2)n[nH]1. The topological polar surface area (TPSA) is 54.7 Å². The molecule has 16 heavy (non-hydrogen) atoms. The van der Waals surface area contributed by atoms with Crippen molar-refractivity contribution in [1.29, 1.82) is 0 Å². The predicted molar refractivity (Wildman–Crippen MR) is 67.1 cm³/mol. The summed E-state index contributed by atoms with van der Waals surface area (Å²) in [7, 11) is 0. The monoisotopic (exact) mass is 215 g/mol. The fourth-order valence-electron chi connectivity index (χ4n) is 1.55. The Kier molecular flexibility index (Phi) is 2.46. The molecule has 2 rings (SSSR count). The van der Waals surface area contributed by atoms with E-state index in [1.165, 1.54) is 0 Å². The smallest absolute Gasteiger partial charge is 0.0924 e. The van der Waals surface area contributed by atoms with Crippen molar-refractivity contribution in [2.24, 2.45) is 0 Å². The van der Waals surface area contributed by atoms with Gasteiger partial charge in [0.25, 0.3) is 0 Å². The van der Waals surface area contributed by atoms with Gasteiger partial charge < -0.3 is 5.73 Å². The van der Waals surface area contributed by atoms with E-state index in [1.54, 1.807) is 0 Å². The molecule has 3 heteroatoms. The fraction of sp³-hybridized carbons (Fsp3) is 0.308. The van der Waals surface area contributed by atoms with Gasteiger partial charge in [0.15, 0.2) is 0 Å². The third-order valence-electron chi connectivity index (χ3n) is 2.57. The van der Waals surface area contributed by atoms with Gasteiger partial charge in [0.1, 0.15) is 0 Å². The Hall–Kier alpha value is -1.77. The molecule has 1 aromatic carbocycles. The standard InChI is InChI=1S/C13H17N3/c1-13(2,3)12-8-11(15-16-12)9-5-4-6-10(14)7-9/h4-8H,14H2,1-3H3,(H,15,16). The number of hydrogen-bond acceptors (Lipinski definition) is 2. The average Bonchev–Trinajstić information content (AvgIpc) is 2.65. The number of nitrogens with two attached hydrogens (primary N) is 1. The second kappa shape index (κ2) is 3.67. The summed E-state index contributed by atoms with van der Waals surface area (Å²) in [5.41, 5.74) is 9.72. The number of hydrogen-bond donors (Lipinski definition) is 2. The molecular weight excluding hydrogens is 198 g/mol. The van der Waals surface area contributed by atoms with Gasteiger partial charge in [-0.15, -0.1) is 0 Å². The van der Waals surface area contributed by atoms with E-state index in [0.717, 1.165) is 22.6 Å². The van der Waals surface area contributed by atoms with E-state index >= 15 is 0 Å². The van der Waals surface area contributed by atoms with E-state index in [-0.39, 0.29) is 5.41 Å². The average molecular weight is 215 g/mol. The van der Waals surface area contributed by atoms with Crippen molar-refractivity contribution < 1.29 is 0 Å². The second-order valence-electron chi connectivity index (χ2n) is 5.04. The Labute approximate surface area is 95.7 Å². The van der Waals surface area contributed by atoms with E-state index in [2.05, 4.69) is 37.0 Å². The van der Waals surface area contributed by atoms with E-state index in [1.807, 2.05) is 24.3 Å². The van der Waals surface area contributed by atoms with E-state index in [9.17, 15) is 0 Å². The lowest BCUT2D eigenvalue weighted by Gasteiger charge is -2.14. The van der Waals surface area contributed by atoms with Gasteiger partial charge in [-0.1, -0.05) is 32.9 Å². The summed E-state index contributed by atoms with van der Waals surface area (Å²) < 4.78 is 0. The number of anilines is 1. The van der Waals surface area contributed by atoms with Crippen molar-refractivity contribution in [3.63, 3.8) is 0 Å². The highest BCUT2D eigenvalue weighted by atomic mass is 15.1. The molecule has 1 aromatic heterocycles. The molecule has 0 aliphatic carbocycles. The Balaban J connectivity index is 2.39. The van der Waals surface area contributed by atoms with Crippen LogP contribution in [0.5, 0.6) is 0 Å². The summed E-state index contributed by atoms with van der Waals surface area (Å²) in [6, 6.07) is 9.84. The van der Waals surface area contributed by atoms with Crippen LogP contribution in [0, 0.1) is 0 Å². The first kappa shape index (κ1) is 10.7.